The molecule has 0 heterocycles. The molecule has 0 amide bonds. The van der Waals surface area contributed by atoms with Gasteiger partial charge in [-0.2, -0.15) is 0 Å². The minimum absolute atomic E-state index is 0.216. The molecule has 0 radical (unpaired) electrons. The van der Waals surface area contributed by atoms with E-state index >= 15 is 0 Å². The highest BCUT2D eigenvalue weighted by atomic mass is 16.5. The molecule has 0 atom stereocenters. The summed E-state index contributed by atoms with van der Waals surface area (Å²) < 4.78 is 5.89. The summed E-state index contributed by atoms with van der Waals surface area (Å²) >= 11 is 0. The molecule has 0 aromatic heterocycles. The Morgan fingerprint density at radius 3 is 2.12 bits per heavy atom. The second-order valence-corrected chi connectivity index (χ2v) is 6.02. The number of fused-ring (bicyclic) bond motifs is 2. The molecule has 4 nitrogen and oxygen atoms in total. The van der Waals surface area contributed by atoms with E-state index in [1.54, 1.807) is 36.4 Å². The van der Waals surface area contributed by atoms with Crippen LogP contribution in [-0.4, -0.2) is 11.6 Å². The molecule has 0 spiro atoms. The van der Waals surface area contributed by atoms with E-state index in [2.05, 4.69) is 0 Å². The van der Waals surface area contributed by atoms with Gasteiger partial charge in [0, 0.05) is 16.8 Å². The van der Waals surface area contributed by atoms with Crippen LogP contribution in [0.5, 0.6) is 11.5 Å². The molecule has 2 N–H and O–H groups in total. The van der Waals surface area contributed by atoms with Gasteiger partial charge in [-0.05, 0) is 31.2 Å². The third-order valence-electron chi connectivity index (χ3n) is 4.32. The zero-order valence-corrected chi connectivity index (χ0v) is 13.6. The molecule has 0 aliphatic heterocycles. The number of carbonyl (C=O) groups is 2. The Morgan fingerprint density at radius 2 is 1.40 bits per heavy atom. The fourth-order valence-corrected chi connectivity index (χ4v) is 3.06. The molecule has 0 unspecified atom stereocenters. The average Bonchev–Trinajstić information content (AvgIpc) is 2.61. The van der Waals surface area contributed by atoms with Crippen molar-refractivity contribution in [2.45, 2.75) is 6.92 Å². The summed E-state index contributed by atoms with van der Waals surface area (Å²) in [6.07, 6.45) is 0. The Bertz CT molecular complexity index is 1020. The van der Waals surface area contributed by atoms with Crippen molar-refractivity contribution >= 4 is 17.3 Å². The number of rotatable bonds is 2. The lowest BCUT2D eigenvalue weighted by Gasteiger charge is -2.21. The Balaban J connectivity index is 1.86. The molecule has 25 heavy (non-hydrogen) atoms. The summed E-state index contributed by atoms with van der Waals surface area (Å²) in [6.45, 7) is 1.98. The zero-order valence-electron chi connectivity index (χ0n) is 13.6. The van der Waals surface area contributed by atoms with Crippen molar-refractivity contribution < 1.29 is 14.3 Å². The first-order valence-electron chi connectivity index (χ1n) is 7.91. The third kappa shape index (κ3) is 2.39. The minimum Gasteiger partial charge on any atom is -0.457 e. The number of ether oxygens (including phenoxy) is 1. The highest BCUT2D eigenvalue weighted by molar-refractivity contribution is 6.30. The number of hydrogen-bond donors (Lipinski definition) is 1. The van der Waals surface area contributed by atoms with Crippen LogP contribution in [0, 0.1) is 6.92 Å². The predicted octanol–water partition coefficient (Wildman–Crippen LogP) is 4.14. The van der Waals surface area contributed by atoms with Crippen LogP contribution in [0.4, 0.5) is 5.69 Å². The first-order chi connectivity index (χ1) is 12.1. The quantitative estimate of drug-likeness (QED) is 0.561. The number of nitrogens with two attached hydrogens (primary N) is 1. The lowest BCUT2D eigenvalue weighted by Crippen LogP contribution is -2.22. The minimum atomic E-state index is -0.287. The van der Waals surface area contributed by atoms with E-state index < -0.39 is 0 Å². The van der Waals surface area contributed by atoms with E-state index in [0.717, 1.165) is 5.56 Å². The highest BCUT2D eigenvalue weighted by Gasteiger charge is 2.33. The number of aryl methyl sites for hydroxylation is 1. The molecule has 4 rings (SSSR count). The van der Waals surface area contributed by atoms with Gasteiger partial charge in [0.15, 0.2) is 11.6 Å². The van der Waals surface area contributed by atoms with E-state index in [0.29, 0.717) is 28.3 Å². The molecule has 0 fully saturated rings. The maximum absolute atomic E-state index is 13.0. The molecular weight excluding hydrogens is 314 g/mol. The molecule has 0 saturated carbocycles. The van der Waals surface area contributed by atoms with Crippen molar-refractivity contribution in [3.8, 4) is 11.5 Å². The lowest BCUT2D eigenvalue weighted by molar-refractivity contribution is 0.0977. The molecule has 1 aliphatic rings. The van der Waals surface area contributed by atoms with E-state index in [1.165, 1.54) is 0 Å². The Kier molecular flexibility index (Phi) is 3.39. The zero-order chi connectivity index (χ0) is 17.6. The second kappa shape index (κ2) is 5.60. The van der Waals surface area contributed by atoms with Crippen molar-refractivity contribution in [2.75, 3.05) is 5.73 Å². The van der Waals surface area contributed by atoms with Crippen LogP contribution in [0.3, 0.4) is 0 Å². The van der Waals surface area contributed by atoms with Crippen LogP contribution in [0.2, 0.25) is 0 Å². The maximum Gasteiger partial charge on any atom is 0.200 e. The standard InChI is InChI=1S/C21H15NO3/c1-12-8-10-13(11-9-12)25-17-7-3-5-15-19(17)21(24)18-14(20(15)23)4-2-6-16(18)22/h2-11H,22H2,1H3. The fraction of sp³-hybridized carbons (Fsp3) is 0.0476. The largest absolute Gasteiger partial charge is 0.457 e. The van der Waals surface area contributed by atoms with Gasteiger partial charge in [-0.15, -0.1) is 0 Å². The van der Waals surface area contributed by atoms with Gasteiger partial charge < -0.3 is 10.5 Å². The molecule has 4 heteroatoms. The van der Waals surface area contributed by atoms with Crippen molar-refractivity contribution in [1.82, 2.24) is 0 Å². The SMILES string of the molecule is Cc1ccc(Oc2cccc3c2C(=O)c2c(N)cccc2C3=O)cc1. The van der Waals surface area contributed by atoms with Crippen LogP contribution < -0.4 is 10.5 Å². The molecule has 0 bridgehead atoms. The van der Waals surface area contributed by atoms with Crippen LogP contribution in [-0.2, 0) is 0 Å². The van der Waals surface area contributed by atoms with Gasteiger partial charge >= 0.3 is 0 Å². The Labute approximate surface area is 144 Å². The van der Waals surface area contributed by atoms with Crippen molar-refractivity contribution in [2.24, 2.45) is 0 Å². The first kappa shape index (κ1) is 15.1. The number of hydrogen-bond acceptors (Lipinski definition) is 4. The van der Waals surface area contributed by atoms with Crippen molar-refractivity contribution in [1.29, 1.82) is 0 Å². The number of carbonyl (C=O) groups excluding carboxylic acids is 2. The lowest BCUT2D eigenvalue weighted by atomic mass is 9.83. The Hall–Kier alpha value is -3.40. The summed E-state index contributed by atoms with van der Waals surface area (Å²) in [5, 5.41) is 0. The number of benzene rings is 3. The van der Waals surface area contributed by atoms with Gasteiger partial charge in [-0.25, -0.2) is 0 Å². The van der Waals surface area contributed by atoms with Gasteiger partial charge in [0.1, 0.15) is 11.5 Å². The van der Waals surface area contributed by atoms with Gasteiger partial charge in [-0.3, -0.25) is 9.59 Å². The van der Waals surface area contributed by atoms with Crippen molar-refractivity contribution in [3.63, 3.8) is 0 Å². The fourth-order valence-electron chi connectivity index (χ4n) is 3.06. The topological polar surface area (TPSA) is 69.4 Å². The molecule has 0 saturated heterocycles. The van der Waals surface area contributed by atoms with Crippen LogP contribution >= 0.6 is 0 Å². The van der Waals surface area contributed by atoms with Gasteiger partial charge in [0.25, 0.3) is 0 Å². The number of nitrogen functional groups attached to an aromatic ring is 1. The molecule has 3 aromatic rings. The van der Waals surface area contributed by atoms with Crippen LogP contribution in [0.25, 0.3) is 0 Å². The molecular formula is C21H15NO3. The maximum atomic E-state index is 13.0. The van der Waals surface area contributed by atoms with Crippen molar-refractivity contribution in [3.05, 3.63) is 88.5 Å². The molecule has 122 valence electrons. The number of anilines is 1. The summed E-state index contributed by atoms with van der Waals surface area (Å²) in [7, 11) is 0. The van der Waals surface area contributed by atoms with Crippen LogP contribution in [0.15, 0.2) is 60.7 Å². The first-order valence-corrected chi connectivity index (χ1v) is 7.91. The van der Waals surface area contributed by atoms with E-state index in [-0.39, 0.29) is 22.7 Å². The molecule has 1 aliphatic carbocycles. The summed E-state index contributed by atoms with van der Waals surface area (Å²) in [5.41, 5.74) is 8.55. The van der Waals surface area contributed by atoms with E-state index in [4.69, 9.17) is 10.5 Å². The summed E-state index contributed by atoms with van der Waals surface area (Å²) in [6, 6.07) is 17.5. The molecule has 3 aromatic carbocycles. The smallest absolute Gasteiger partial charge is 0.200 e. The highest BCUT2D eigenvalue weighted by Crippen LogP contribution is 2.37. The van der Waals surface area contributed by atoms with E-state index in [9.17, 15) is 9.59 Å². The summed E-state index contributed by atoms with van der Waals surface area (Å²) in [4.78, 5) is 25.8. The van der Waals surface area contributed by atoms with Gasteiger partial charge in [0.05, 0.1) is 11.1 Å². The monoisotopic (exact) mass is 329 g/mol. The predicted molar refractivity (Wildman–Crippen MR) is 95.4 cm³/mol. The summed E-state index contributed by atoms with van der Waals surface area (Å²) in [5.74, 6) is 0.455. The second-order valence-electron chi connectivity index (χ2n) is 6.02. The van der Waals surface area contributed by atoms with Gasteiger partial charge in [0.2, 0.25) is 0 Å². The van der Waals surface area contributed by atoms with Gasteiger partial charge in [-0.1, -0.05) is 42.0 Å². The van der Waals surface area contributed by atoms with Crippen LogP contribution in [0.1, 0.15) is 37.4 Å². The van der Waals surface area contributed by atoms with E-state index in [1.807, 2.05) is 31.2 Å². The number of ketones is 2. The third-order valence-corrected chi connectivity index (χ3v) is 4.32. The Morgan fingerprint density at radius 1 is 0.760 bits per heavy atom. The normalized spacial score (nSPS) is 12.5. The average molecular weight is 329 g/mol.